The molecule has 0 radical (unpaired) electrons. The summed E-state index contributed by atoms with van der Waals surface area (Å²) in [5.74, 6) is 0.140. The number of phenolic OH excluding ortho intramolecular Hbond substituents is 1. The van der Waals surface area contributed by atoms with Gasteiger partial charge in [0, 0.05) is 10.6 Å². The SMILES string of the molecule is CSc1cccc(NC(=O)Cc2ccc(O)cc2)c1. The summed E-state index contributed by atoms with van der Waals surface area (Å²) in [5, 5.41) is 12.0. The third-order valence-electron chi connectivity index (χ3n) is 2.65. The minimum Gasteiger partial charge on any atom is -0.508 e. The minimum atomic E-state index is -0.0658. The van der Waals surface area contributed by atoms with E-state index in [1.807, 2.05) is 30.5 Å². The molecule has 0 aliphatic carbocycles. The molecule has 2 aromatic rings. The van der Waals surface area contributed by atoms with Crippen molar-refractivity contribution in [3.8, 4) is 5.75 Å². The van der Waals surface area contributed by atoms with Crippen molar-refractivity contribution >= 4 is 23.4 Å². The maximum atomic E-state index is 11.9. The van der Waals surface area contributed by atoms with Gasteiger partial charge in [0.25, 0.3) is 0 Å². The Kier molecular flexibility index (Phi) is 4.47. The van der Waals surface area contributed by atoms with E-state index >= 15 is 0 Å². The van der Waals surface area contributed by atoms with E-state index < -0.39 is 0 Å². The number of aromatic hydroxyl groups is 1. The largest absolute Gasteiger partial charge is 0.508 e. The Balaban J connectivity index is 1.99. The lowest BCUT2D eigenvalue weighted by atomic mass is 10.1. The van der Waals surface area contributed by atoms with Crippen LogP contribution in [-0.2, 0) is 11.2 Å². The molecule has 0 fully saturated rings. The minimum absolute atomic E-state index is 0.0658. The number of benzene rings is 2. The van der Waals surface area contributed by atoms with Crippen molar-refractivity contribution in [1.82, 2.24) is 0 Å². The average molecular weight is 273 g/mol. The highest BCUT2D eigenvalue weighted by Crippen LogP contribution is 2.19. The van der Waals surface area contributed by atoms with Crippen molar-refractivity contribution in [3.05, 3.63) is 54.1 Å². The molecule has 4 heteroatoms. The molecule has 0 heterocycles. The van der Waals surface area contributed by atoms with Crippen molar-refractivity contribution in [2.24, 2.45) is 0 Å². The molecule has 0 aliphatic rings. The fourth-order valence-corrected chi connectivity index (χ4v) is 2.16. The zero-order valence-corrected chi connectivity index (χ0v) is 11.4. The Morgan fingerprint density at radius 1 is 1.21 bits per heavy atom. The normalized spacial score (nSPS) is 10.2. The number of anilines is 1. The molecular weight excluding hydrogens is 258 g/mol. The molecule has 19 heavy (non-hydrogen) atoms. The molecule has 98 valence electrons. The van der Waals surface area contributed by atoms with Crippen molar-refractivity contribution < 1.29 is 9.90 Å². The fourth-order valence-electron chi connectivity index (χ4n) is 1.71. The van der Waals surface area contributed by atoms with Crippen LogP contribution in [0.2, 0.25) is 0 Å². The van der Waals surface area contributed by atoms with Crippen LogP contribution < -0.4 is 5.32 Å². The van der Waals surface area contributed by atoms with Gasteiger partial charge in [0.05, 0.1) is 6.42 Å². The molecule has 0 aliphatic heterocycles. The first kappa shape index (κ1) is 13.5. The predicted octanol–water partition coefficient (Wildman–Crippen LogP) is 3.30. The lowest BCUT2D eigenvalue weighted by Gasteiger charge is -2.06. The van der Waals surface area contributed by atoms with Gasteiger partial charge in [0.2, 0.25) is 5.91 Å². The van der Waals surface area contributed by atoms with Gasteiger partial charge in [0.15, 0.2) is 0 Å². The third-order valence-corrected chi connectivity index (χ3v) is 3.38. The molecule has 0 aromatic heterocycles. The summed E-state index contributed by atoms with van der Waals surface area (Å²) in [6, 6.07) is 14.4. The molecule has 0 saturated heterocycles. The molecule has 3 nitrogen and oxygen atoms in total. The molecule has 0 bridgehead atoms. The van der Waals surface area contributed by atoms with Crippen LogP contribution in [0.15, 0.2) is 53.4 Å². The van der Waals surface area contributed by atoms with Crippen molar-refractivity contribution in [1.29, 1.82) is 0 Å². The van der Waals surface area contributed by atoms with E-state index in [9.17, 15) is 9.90 Å². The molecular formula is C15H15NO2S. The van der Waals surface area contributed by atoms with E-state index in [1.165, 1.54) is 0 Å². The molecule has 2 N–H and O–H groups in total. The van der Waals surface area contributed by atoms with Gasteiger partial charge >= 0.3 is 0 Å². The van der Waals surface area contributed by atoms with Gasteiger partial charge in [-0.1, -0.05) is 18.2 Å². The summed E-state index contributed by atoms with van der Waals surface area (Å²) in [4.78, 5) is 13.0. The second-order valence-electron chi connectivity index (χ2n) is 4.12. The van der Waals surface area contributed by atoms with Crippen molar-refractivity contribution in [2.45, 2.75) is 11.3 Å². The lowest BCUT2D eigenvalue weighted by Crippen LogP contribution is -2.14. The van der Waals surface area contributed by atoms with Crippen LogP contribution in [0.25, 0.3) is 0 Å². The molecule has 0 saturated carbocycles. The summed E-state index contributed by atoms with van der Waals surface area (Å²) >= 11 is 1.64. The summed E-state index contributed by atoms with van der Waals surface area (Å²) in [6.45, 7) is 0. The van der Waals surface area contributed by atoms with Crippen LogP contribution in [0.1, 0.15) is 5.56 Å². The molecule has 2 rings (SSSR count). The smallest absolute Gasteiger partial charge is 0.228 e. The maximum absolute atomic E-state index is 11.9. The van der Waals surface area contributed by atoms with Crippen LogP contribution in [-0.4, -0.2) is 17.3 Å². The van der Waals surface area contributed by atoms with Gasteiger partial charge in [-0.15, -0.1) is 11.8 Å². The van der Waals surface area contributed by atoms with Crippen LogP contribution in [0.4, 0.5) is 5.69 Å². The third kappa shape index (κ3) is 4.03. The second-order valence-corrected chi connectivity index (χ2v) is 5.00. The van der Waals surface area contributed by atoms with E-state index in [4.69, 9.17) is 0 Å². The number of thioether (sulfide) groups is 1. The number of carbonyl (C=O) groups is 1. The molecule has 0 unspecified atom stereocenters. The van der Waals surface area contributed by atoms with E-state index in [2.05, 4.69) is 5.32 Å². The Hall–Kier alpha value is -1.94. The highest BCUT2D eigenvalue weighted by atomic mass is 32.2. The highest BCUT2D eigenvalue weighted by Gasteiger charge is 2.04. The average Bonchev–Trinajstić information content (AvgIpc) is 2.41. The summed E-state index contributed by atoms with van der Waals surface area (Å²) in [7, 11) is 0. The number of rotatable bonds is 4. The van der Waals surface area contributed by atoms with E-state index in [0.29, 0.717) is 6.42 Å². The van der Waals surface area contributed by atoms with Gasteiger partial charge in [-0.2, -0.15) is 0 Å². The number of hydrogen-bond donors (Lipinski definition) is 2. The first-order valence-corrected chi connectivity index (χ1v) is 7.11. The van der Waals surface area contributed by atoms with Gasteiger partial charge < -0.3 is 10.4 Å². The zero-order chi connectivity index (χ0) is 13.7. The first-order chi connectivity index (χ1) is 9.17. The standard InChI is InChI=1S/C15H15NO2S/c1-19-14-4-2-3-12(10-14)16-15(18)9-11-5-7-13(17)8-6-11/h2-8,10,17H,9H2,1H3,(H,16,18). The Morgan fingerprint density at radius 3 is 2.63 bits per heavy atom. The van der Waals surface area contributed by atoms with Crippen molar-refractivity contribution in [3.63, 3.8) is 0 Å². The van der Waals surface area contributed by atoms with Crippen LogP contribution in [0.3, 0.4) is 0 Å². The van der Waals surface area contributed by atoms with Gasteiger partial charge in [-0.25, -0.2) is 0 Å². The van der Waals surface area contributed by atoms with E-state index in [0.717, 1.165) is 16.1 Å². The second kappa shape index (κ2) is 6.29. The topological polar surface area (TPSA) is 49.3 Å². The summed E-state index contributed by atoms with van der Waals surface area (Å²) < 4.78 is 0. The quantitative estimate of drug-likeness (QED) is 0.840. The summed E-state index contributed by atoms with van der Waals surface area (Å²) in [5.41, 5.74) is 1.67. The van der Waals surface area contributed by atoms with Gasteiger partial charge in [0.1, 0.15) is 5.75 Å². The molecule has 1 amide bonds. The highest BCUT2D eigenvalue weighted by molar-refractivity contribution is 7.98. The number of hydrogen-bond acceptors (Lipinski definition) is 3. The van der Waals surface area contributed by atoms with Crippen LogP contribution in [0, 0.1) is 0 Å². The van der Waals surface area contributed by atoms with Crippen molar-refractivity contribution in [2.75, 3.05) is 11.6 Å². The Morgan fingerprint density at radius 2 is 1.95 bits per heavy atom. The number of nitrogens with one attached hydrogen (secondary N) is 1. The Labute approximate surface area is 116 Å². The fraction of sp³-hybridized carbons (Fsp3) is 0.133. The lowest BCUT2D eigenvalue weighted by molar-refractivity contribution is -0.115. The molecule has 0 spiro atoms. The maximum Gasteiger partial charge on any atom is 0.228 e. The zero-order valence-electron chi connectivity index (χ0n) is 10.6. The number of carbonyl (C=O) groups excluding carboxylic acids is 1. The Bertz CT molecular complexity index is 567. The number of phenols is 1. The van der Waals surface area contributed by atoms with Gasteiger partial charge in [-0.3, -0.25) is 4.79 Å². The van der Waals surface area contributed by atoms with Crippen LogP contribution in [0.5, 0.6) is 5.75 Å². The predicted molar refractivity (Wildman–Crippen MR) is 78.7 cm³/mol. The first-order valence-electron chi connectivity index (χ1n) is 5.89. The monoisotopic (exact) mass is 273 g/mol. The molecule has 0 atom stereocenters. The van der Waals surface area contributed by atoms with E-state index in [1.54, 1.807) is 36.0 Å². The van der Waals surface area contributed by atoms with E-state index in [-0.39, 0.29) is 11.7 Å². The molecule has 2 aromatic carbocycles. The van der Waals surface area contributed by atoms with Gasteiger partial charge in [-0.05, 0) is 42.2 Å². The van der Waals surface area contributed by atoms with Crippen LogP contribution >= 0.6 is 11.8 Å². The number of amides is 1. The summed E-state index contributed by atoms with van der Waals surface area (Å²) in [6.07, 6.45) is 2.29.